The molecule has 0 bridgehead atoms. The molecular weight excluding hydrogens is 251 g/mol. The quantitative estimate of drug-likeness (QED) is 0.705. The number of amidine groups is 1. The summed E-state index contributed by atoms with van der Waals surface area (Å²) >= 11 is 1.44. The van der Waals surface area contributed by atoms with Crippen molar-refractivity contribution in [2.75, 3.05) is 12.3 Å². The highest BCUT2D eigenvalue weighted by Gasteiger charge is 2.30. The fourth-order valence-electron chi connectivity index (χ4n) is 1.23. The van der Waals surface area contributed by atoms with Crippen LogP contribution in [0.5, 0.6) is 0 Å². The Labute approximate surface area is 99.8 Å². The van der Waals surface area contributed by atoms with Crippen LogP contribution in [0.15, 0.2) is 39.5 Å². The van der Waals surface area contributed by atoms with Gasteiger partial charge in [0.25, 0.3) is 0 Å². The monoisotopic (exact) mass is 259 g/mol. The van der Waals surface area contributed by atoms with E-state index in [2.05, 4.69) is 15.2 Å². The van der Waals surface area contributed by atoms with E-state index in [-0.39, 0.29) is 5.69 Å². The molecule has 0 unspecified atom stereocenters. The Bertz CT molecular complexity index is 468. The van der Waals surface area contributed by atoms with Crippen LogP contribution >= 0.6 is 11.8 Å². The van der Waals surface area contributed by atoms with Gasteiger partial charge in [0.1, 0.15) is 0 Å². The molecular formula is C10H8F3N3S. The smallest absolute Gasteiger partial charge is 0.258 e. The van der Waals surface area contributed by atoms with E-state index in [1.54, 1.807) is 0 Å². The summed E-state index contributed by atoms with van der Waals surface area (Å²) in [5.41, 5.74) is -0.551. The van der Waals surface area contributed by atoms with Crippen LogP contribution in [0.3, 0.4) is 0 Å². The minimum absolute atomic E-state index is 0.176. The van der Waals surface area contributed by atoms with Gasteiger partial charge < -0.3 is 0 Å². The van der Waals surface area contributed by atoms with Gasteiger partial charge in [0.2, 0.25) is 5.17 Å². The summed E-state index contributed by atoms with van der Waals surface area (Å²) in [6, 6.07) is 4.74. The molecule has 1 heterocycles. The van der Waals surface area contributed by atoms with Crippen molar-refractivity contribution in [1.82, 2.24) is 0 Å². The molecule has 0 amide bonds. The van der Waals surface area contributed by atoms with Gasteiger partial charge in [0.15, 0.2) is 0 Å². The molecule has 0 saturated carbocycles. The number of aliphatic imine (C=N–C) groups is 1. The standard InChI is InChI=1S/C10H8F3N3S/c11-10(12,13)7-2-1-3-8(6-7)15-16-9-14-4-5-17-9/h1-3,6H,4-5H2. The van der Waals surface area contributed by atoms with Gasteiger partial charge in [-0.15, -0.1) is 10.2 Å². The summed E-state index contributed by atoms with van der Waals surface area (Å²) in [5.74, 6) is 0.844. The number of rotatable bonds is 1. The number of alkyl halides is 3. The number of hydrogen-bond acceptors (Lipinski definition) is 4. The molecule has 0 radical (unpaired) electrons. The van der Waals surface area contributed by atoms with Crippen molar-refractivity contribution < 1.29 is 13.2 Å². The van der Waals surface area contributed by atoms with E-state index in [0.29, 0.717) is 11.7 Å². The van der Waals surface area contributed by atoms with Gasteiger partial charge in [0.05, 0.1) is 17.8 Å². The van der Waals surface area contributed by atoms with Crippen LogP contribution in [-0.2, 0) is 6.18 Å². The summed E-state index contributed by atoms with van der Waals surface area (Å²) < 4.78 is 37.2. The minimum Gasteiger partial charge on any atom is -0.258 e. The van der Waals surface area contributed by atoms with Gasteiger partial charge in [-0.1, -0.05) is 17.8 Å². The predicted molar refractivity (Wildman–Crippen MR) is 60.7 cm³/mol. The zero-order chi connectivity index (χ0) is 12.3. The Hall–Kier alpha value is -1.37. The topological polar surface area (TPSA) is 37.1 Å². The van der Waals surface area contributed by atoms with Crippen LogP contribution < -0.4 is 0 Å². The van der Waals surface area contributed by atoms with Gasteiger partial charge in [-0.25, -0.2) is 0 Å². The van der Waals surface area contributed by atoms with E-state index < -0.39 is 11.7 Å². The lowest BCUT2D eigenvalue weighted by Crippen LogP contribution is -2.03. The van der Waals surface area contributed by atoms with Crippen molar-refractivity contribution >= 4 is 22.6 Å². The van der Waals surface area contributed by atoms with E-state index >= 15 is 0 Å². The van der Waals surface area contributed by atoms with Crippen molar-refractivity contribution in [1.29, 1.82) is 0 Å². The zero-order valence-electron chi connectivity index (χ0n) is 8.61. The zero-order valence-corrected chi connectivity index (χ0v) is 9.42. The number of halogens is 3. The van der Waals surface area contributed by atoms with Crippen molar-refractivity contribution in [3.8, 4) is 0 Å². The highest BCUT2D eigenvalue weighted by molar-refractivity contribution is 8.14. The van der Waals surface area contributed by atoms with Gasteiger partial charge in [0, 0.05) is 5.75 Å². The Morgan fingerprint density at radius 1 is 1.24 bits per heavy atom. The molecule has 0 spiro atoms. The maximum atomic E-state index is 12.4. The summed E-state index contributed by atoms with van der Waals surface area (Å²) in [5, 5.41) is 8.04. The first-order valence-corrected chi connectivity index (χ1v) is 5.80. The Kier molecular flexibility index (Phi) is 3.46. The third-order valence-electron chi connectivity index (χ3n) is 1.99. The second-order valence-corrected chi connectivity index (χ2v) is 4.32. The fourth-order valence-corrected chi connectivity index (χ4v) is 1.88. The van der Waals surface area contributed by atoms with Crippen molar-refractivity contribution in [2.45, 2.75) is 6.18 Å². The average Bonchev–Trinajstić information content (AvgIpc) is 2.78. The van der Waals surface area contributed by atoms with E-state index in [1.807, 2.05) is 0 Å². The van der Waals surface area contributed by atoms with E-state index in [1.165, 1.54) is 23.9 Å². The van der Waals surface area contributed by atoms with Gasteiger partial charge in [-0.2, -0.15) is 13.2 Å². The van der Waals surface area contributed by atoms with Crippen LogP contribution in [0, 0.1) is 0 Å². The third-order valence-corrected chi connectivity index (χ3v) is 2.85. The maximum absolute atomic E-state index is 12.4. The Morgan fingerprint density at radius 2 is 2.06 bits per heavy atom. The molecule has 0 atom stereocenters. The lowest BCUT2D eigenvalue weighted by molar-refractivity contribution is -0.137. The van der Waals surface area contributed by atoms with E-state index in [4.69, 9.17) is 0 Å². The second kappa shape index (κ2) is 4.87. The molecule has 0 fully saturated rings. The molecule has 0 aliphatic carbocycles. The Morgan fingerprint density at radius 3 is 2.71 bits per heavy atom. The first-order chi connectivity index (χ1) is 8.05. The molecule has 0 aromatic heterocycles. The normalized spacial score (nSPS) is 16.5. The highest BCUT2D eigenvalue weighted by Crippen LogP contribution is 2.31. The molecule has 0 N–H and O–H groups in total. The van der Waals surface area contributed by atoms with Crippen molar-refractivity contribution in [2.24, 2.45) is 15.2 Å². The largest absolute Gasteiger partial charge is 0.416 e. The first kappa shape index (κ1) is 12.1. The molecule has 3 nitrogen and oxygen atoms in total. The molecule has 17 heavy (non-hydrogen) atoms. The van der Waals surface area contributed by atoms with Crippen LogP contribution in [0.25, 0.3) is 0 Å². The van der Waals surface area contributed by atoms with Crippen LogP contribution in [0.1, 0.15) is 5.56 Å². The molecule has 2 rings (SSSR count). The van der Waals surface area contributed by atoms with E-state index in [0.717, 1.165) is 17.9 Å². The second-order valence-electron chi connectivity index (χ2n) is 3.26. The lowest BCUT2D eigenvalue weighted by atomic mass is 10.2. The number of nitrogens with zero attached hydrogens (tertiary/aromatic N) is 3. The minimum atomic E-state index is -4.36. The van der Waals surface area contributed by atoms with Crippen LogP contribution in [-0.4, -0.2) is 17.5 Å². The van der Waals surface area contributed by atoms with Gasteiger partial charge in [-0.05, 0) is 18.2 Å². The summed E-state index contributed by atoms with van der Waals surface area (Å²) in [7, 11) is 0. The fraction of sp³-hybridized carbons (Fsp3) is 0.300. The molecule has 7 heteroatoms. The van der Waals surface area contributed by atoms with Gasteiger partial charge in [-0.3, -0.25) is 4.99 Å². The number of hydrogen-bond donors (Lipinski definition) is 0. The molecule has 1 aliphatic heterocycles. The molecule has 1 aliphatic rings. The molecule has 0 saturated heterocycles. The third kappa shape index (κ3) is 3.29. The average molecular weight is 259 g/mol. The van der Waals surface area contributed by atoms with Crippen LogP contribution in [0.2, 0.25) is 0 Å². The van der Waals surface area contributed by atoms with E-state index in [9.17, 15) is 13.2 Å². The SMILES string of the molecule is FC(F)(F)c1cccc(N=NC2=NCCS2)c1. The lowest BCUT2D eigenvalue weighted by Gasteiger charge is -2.05. The maximum Gasteiger partial charge on any atom is 0.416 e. The highest BCUT2D eigenvalue weighted by atomic mass is 32.2. The summed E-state index contributed by atoms with van der Waals surface area (Å²) in [6.07, 6.45) is -4.36. The molecule has 1 aromatic carbocycles. The van der Waals surface area contributed by atoms with Gasteiger partial charge >= 0.3 is 6.18 Å². The number of thioether (sulfide) groups is 1. The molecule has 1 aromatic rings. The number of azo groups is 1. The number of benzene rings is 1. The van der Waals surface area contributed by atoms with Crippen molar-refractivity contribution in [3.05, 3.63) is 29.8 Å². The Balaban J connectivity index is 2.16. The molecule has 90 valence electrons. The van der Waals surface area contributed by atoms with Crippen molar-refractivity contribution in [3.63, 3.8) is 0 Å². The predicted octanol–water partition coefficient (Wildman–Crippen LogP) is 3.89. The first-order valence-electron chi connectivity index (χ1n) is 4.82. The van der Waals surface area contributed by atoms with Crippen LogP contribution in [0.4, 0.5) is 18.9 Å². The summed E-state index contributed by atoms with van der Waals surface area (Å²) in [4.78, 5) is 4.02. The summed E-state index contributed by atoms with van der Waals surface area (Å²) in [6.45, 7) is 0.682.